The van der Waals surface area contributed by atoms with Crippen molar-refractivity contribution in [2.24, 2.45) is 7.05 Å². The topological polar surface area (TPSA) is 110 Å². The van der Waals surface area contributed by atoms with Crippen LogP contribution >= 0.6 is 0 Å². The largest absolute Gasteiger partial charge is 0.381 e. The third kappa shape index (κ3) is 2.99. The maximum Gasteiger partial charge on any atom is 0.260 e. The lowest BCUT2D eigenvalue weighted by molar-refractivity contribution is -0.128. The summed E-state index contributed by atoms with van der Waals surface area (Å²) < 4.78 is 27.3. The summed E-state index contributed by atoms with van der Waals surface area (Å²) in [4.78, 5) is 16.6. The number of nitrogens with one attached hydrogen (secondary N) is 1. The minimum absolute atomic E-state index is 0.0960. The number of rotatable bonds is 5. The Morgan fingerprint density at radius 1 is 1.61 bits per heavy atom. The van der Waals surface area contributed by atoms with Crippen molar-refractivity contribution in [2.75, 3.05) is 25.9 Å². The van der Waals surface area contributed by atoms with Crippen LogP contribution in [0.1, 0.15) is 6.92 Å². The number of imidazole rings is 1. The van der Waals surface area contributed by atoms with Crippen molar-refractivity contribution < 1.29 is 13.2 Å². The van der Waals surface area contributed by atoms with Gasteiger partial charge in [0.25, 0.3) is 10.0 Å². The molecule has 0 bridgehead atoms. The van der Waals surface area contributed by atoms with Crippen molar-refractivity contribution in [3.05, 3.63) is 6.33 Å². The molecule has 0 aromatic carbocycles. The Bertz CT molecular complexity index is 517. The summed E-state index contributed by atoms with van der Waals surface area (Å²) >= 11 is 0. The first-order chi connectivity index (χ1) is 8.29. The van der Waals surface area contributed by atoms with Gasteiger partial charge in [0.1, 0.15) is 0 Å². The second-order valence-corrected chi connectivity index (χ2v) is 5.46. The van der Waals surface area contributed by atoms with E-state index in [-0.39, 0.29) is 23.3 Å². The molecule has 0 aliphatic rings. The lowest BCUT2D eigenvalue weighted by Gasteiger charge is -2.15. The van der Waals surface area contributed by atoms with Crippen LogP contribution in [-0.2, 0) is 21.9 Å². The van der Waals surface area contributed by atoms with Crippen molar-refractivity contribution in [3.63, 3.8) is 0 Å². The number of nitrogen functional groups attached to an aromatic ring is 1. The zero-order valence-electron chi connectivity index (χ0n) is 10.5. The van der Waals surface area contributed by atoms with E-state index in [9.17, 15) is 13.2 Å². The number of anilines is 1. The molecule has 1 heterocycles. The fraction of sp³-hybridized carbons (Fsp3) is 0.556. The molecule has 0 spiro atoms. The van der Waals surface area contributed by atoms with Gasteiger partial charge in [0, 0.05) is 20.6 Å². The summed E-state index contributed by atoms with van der Waals surface area (Å²) in [7, 11) is -0.733. The van der Waals surface area contributed by atoms with E-state index < -0.39 is 10.0 Å². The molecular weight excluding hydrogens is 258 g/mol. The first-order valence-electron chi connectivity index (χ1n) is 5.30. The van der Waals surface area contributed by atoms with Gasteiger partial charge in [0.05, 0.1) is 12.9 Å². The van der Waals surface area contributed by atoms with E-state index >= 15 is 0 Å². The number of sulfonamides is 1. The molecular formula is C9H17N5O3S. The lowest BCUT2D eigenvalue weighted by atomic mass is 10.5. The highest BCUT2D eigenvalue weighted by Crippen LogP contribution is 2.14. The van der Waals surface area contributed by atoms with Crippen LogP contribution in [0.5, 0.6) is 0 Å². The van der Waals surface area contributed by atoms with Gasteiger partial charge in [-0.3, -0.25) is 4.79 Å². The maximum absolute atomic E-state index is 11.9. The van der Waals surface area contributed by atoms with Gasteiger partial charge in [-0.25, -0.2) is 18.1 Å². The Hall–Kier alpha value is -1.61. The molecule has 0 radical (unpaired) electrons. The molecule has 0 fully saturated rings. The number of carbonyl (C=O) groups is 1. The van der Waals surface area contributed by atoms with Crippen molar-refractivity contribution in [1.82, 2.24) is 19.2 Å². The Morgan fingerprint density at radius 2 is 2.22 bits per heavy atom. The van der Waals surface area contributed by atoms with E-state index in [1.165, 1.54) is 22.8 Å². The quantitative estimate of drug-likeness (QED) is 0.698. The Kier molecular flexibility index (Phi) is 4.30. The van der Waals surface area contributed by atoms with Gasteiger partial charge in [-0.05, 0) is 6.92 Å². The summed E-state index contributed by atoms with van der Waals surface area (Å²) in [6.45, 7) is 2.00. The third-order valence-electron chi connectivity index (χ3n) is 2.48. The van der Waals surface area contributed by atoms with Crippen molar-refractivity contribution in [3.8, 4) is 0 Å². The fourth-order valence-electron chi connectivity index (χ4n) is 1.30. The highest BCUT2D eigenvalue weighted by atomic mass is 32.2. The Morgan fingerprint density at radius 3 is 2.67 bits per heavy atom. The second kappa shape index (κ2) is 5.36. The number of amides is 1. The Balaban J connectivity index is 2.82. The third-order valence-corrected chi connectivity index (χ3v) is 4.01. The van der Waals surface area contributed by atoms with Crippen molar-refractivity contribution in [1.29, 1.82) is 0 Å². The van der Waals surface area contributed by atoms with Gasteiger partial charge in [0.2, 0.25) is 5.91 Å². The van der Waals surface area contributed by atoms with E-state index in [4.69, 9.17) is 5.73 Å². The number of nitrogens with zero attached hydrogens (tertiary/aromatic N) is 3. The van der Waals surface area contributed by atoms with Gasteiger partial charge < -0.3 is 15.2 Å². The van der Waals surface area contributed by atoms with Crippen LogP contribution in [-0.4, -0.2) is 48.9 Å². The molecule has 8 nitrogen and oxygen atoms in total. The number of hydrogen-bond acceptors (Lipinski definition) is 5. The van der Waals surface area contributed by atoms with Gasteiger partial charge in [-0.15, -0.1) is 0 Å². The van der Waals surface area contributed by atoms with Crippen molar-refractivity contribution >= 4 is 21.7 Å². The van der Waals surface area contributed by atoms with E-state index in [0.29, 0.717) is 6.54 Å². The van der Waals surface area contributed by atoms with Crippen LogP contribution in [0.15, 0.2) is 11.4 Å². The van der Waals surface area contributed by atoms with Crippen LogP contribution in [0.2, 0.25) is 0 Å². The van der Waals surface area contributed by atoms with Gasteiger partial charge in [-0.2, -0.15) is 0 Å². The predicted molar refractivity (Wildman–Crippen MR) is 66.1 cm³/mol. The minimum atomic E-state index is -3.84. The number of aromatic nitrogens is 2. The van der Waals surface area contributed by atoms with E-state index in [1.54, 1.807) is 14.0 Å². The zero-order valence-corrected chi connectivity index (χ0v) is 11.4. The minimum Gasteiger partial charge on any atom is -0.381 e. The van der Waals surface area contributed by atoms with Gasteiger partial charge in [0.15, 0.2) is 10.8 Å². The molecule has 0 unspecified atom stereocenters. The highest BCUT2D eigenvalue weighted by molar-refractivity contribution is 7.89. The molecule has 18 heavy (non-hydrogen) atoms. The Labute approximate surface area is 106 Å². The molecule has 0 atom stereocenters. The molecule has 0 aliphatic heterocycles. The standard InChI is InChI=1S/C9H17N5O3S/c1-4-13(2)7(15)5-12-18(16,17)9-8(10)11-6-14(9)3/h6,12H,4-5,10H2,1-3H3. The second-order valence-electron chi connectivity index (χ2n) is 3.78. The van der Waals surface area contributed by atoms with Gasteiger partial charge in [-0.1, -0.05) is 0 Å². The number of hydrogen-bond donors (Lipinski definition) is 2. The molecule has 1 aromatic heterocycles. The summed E-state index contributed by atoms with van der Waals surface area (Å²) in [6, 6.07) is 0. The monoisotopic (exact) mass is 275 g/mol. The molecule has 3 N–H and O–H groups in total. The van der Waals surface area contributed by atoms with E-state index in [2.05, 4.69) is 9.71 Å². The SMILES string of the molecule is CCN(C)C(=O)CNS(=O)(=O)c1c(N)ncn1C. The first kappa shape index (κ1) is 14.5. The molecule has 0 saturated heterocycles. The van der Waals surface area contributed by atoms with E-state index in [0.717, 1.165) is 0 Å². The van der Waals surface area contributed by atoms with Gasteiger partial charge >= 0.3 is 0 Å². The summed E-state index contributed by atoms with van der Waals surface area (Å²) in [5.74, 6) is -0.414. The summed E-state index contributed by atoms with van der Waals surface area (Å²) in [6.07, 6.45) is 1.30. The number of aryl methyl sites for hydroxylation is 1. The number of likely N-dealkylation sites (N-methyl/N-ethyl adjacent to an activating group) is 1. The highest BCUT2D eigenvalue weighted by Gasteiger charge is 2.23. The molecule has 0 saturated carbocycles. The van der Waals surface area contributed by atoms with Crippen LogP contribution in [0.4, 0.5) is 5.82 Å². The van der Waals surface area contributed by atoms with Crippen LogP contribution in [0.25, 0.3) is 0 Å². The number of carbonyl (C=O) groups excluding carboxylic acids is 1. The predicted octanol–water partition coefficient (Wildman–Crippen LogP) is -1.24. The molecule has 1 aromatic rings. The smallest absolute Gasteiger partial charge is 0.260 e. The van der Waals surface area contributed by atoms with Crippen molar-refractivity contribution in [2.45, 2.75) is 11.9 Å². The fourth-order valence-corrected chi connectivity index (χ4v) is 2.51. The average molecular weight is 275 g/mol. The first-order valence-corrected chi connectivity index (χ1v) is 6.78. The average Bonchev–Trinajstić information content (AvgIpc) is 2.65. The zero-order chi connectivity index (χ0) is 13.9. The molecule has 0 aliphatic carbocycles. The number of nitrogens with two attached hydrogens (primary N) is 1. The van der Waals surface area contributed by atoms with Crippen LogP contribution in [0, 0.1) is 0 Å². The normalized spacial score (nSPS) is 11.5. The maximum atomic E-state index is 11.9. The summed E-state index contributed by atoms with van der Waals surface area (Å²) in [5.41, 5.74) is 5.47. The molecule has 102 valence electrons. The molecule has 1 amide bonds. The van der Waals surface area contributed by atoms with Crippen LogP contribution < -0.4 is 10.5 Å². The van der Waals surface area contributed by atoms with Crippen LogP contribution in [0.3, 0.4) is 0 Å². The van der Waals surface area contributed by atoms with E-state index in [1.807, 2.05) is 0 Å². The summed E-state index contributed by atoms with van der Waals surface area (Å²) in [5, 5.41) is -0.144. The molecule has 1 rings (SSSR count). The lowest BCUT2D eigenvalue weighted by Crippen LogP contribution is -2.38. The molecule has 9 heteroatoms.